The second-order valence-electron chi connectivity index (χ2n) is 5.71. The third-order valence-corrected chi connectivity index (χ3v) is 5.74. The average molecular weight is 439 g/mol. The number of nitrogens with zero attached hydrogens (tertiary/aromatic N) is 1. The molecule has 2 aromatic carbocycles. The molecule has 0 aromatic heterocycles. The van der Waals surface area contributed by atoms with Crippen molar-refractivity contribution in [2.45, 2.75) is 17.6 Å². The molecule has 1 N–H and O–H groups in total. The summed E-state index contributed by atoms with van der Waals surface area (Å²) in [5, 5.41) is 1.84. The molecule has 2 aromatic rings. The Hall–Kier alpha value is -2.17. The van der Waals surface area contributed by atoms with Gasteiger partial charge in [0.05, 0.1) is 11.4 Å². The Balaban J connectivity index is 2.31. The fraction of sp³-hybridized carbons (Fsp3) is 0.235. The van der Waals surface area contributed by atoms with Crippen LogP contribution < -0.4 is 5.32 Å². The first kappa shape index (κ1) is 22.1. The molecule has 0 bridgehead atoms. The summed E-state index contributed by atoms with van der Waals surface area (Å²) in [7, 11) is -4.32. The molecule has 0 atom stereocenters. The number of hydrogen-bond donors (Lipinski definition) is 1. The van der Waals surface area contributed by atoms with Crippen LogP contribution in [0.25, 0.3) is 0 Å². The van der Waals surface area contributed by atoms with E-state index >= 15 is 0 Å². The third-order valence-electron chi connectivity index (χ3n) is 3.56. The molecule has 0 spiro atoms. The van der Waals surface area contributed by atoms with Gasteiger partial charge in [-0.2, -0.15) is 17.5 Å². The molecular weight excluding hydrogens is 424 g/mol. The Morgan fingerprint density at radius 2 is 1.68 bits per heavy atom. The van der Waals surface area contributed by atoms with Gasteiger partial charge >= 0.3 is 6.18 Å². The highest BCUT2D eigenvalue weighted by molar-refractivity contribution is 7.89. The van der Waals surface area contributed by atoms with Gasteiger partial charge in [0.25, 0.3) is 0 Å². The third kappa shape index (κ3) is 6.18. The molecule has 11 heteroatoms. The van der Waals surface area contributed by atoms with Gasteiger partial charge in [-0.25, -0.2) is 12.8 Å². The first-order valence-electron chi connectivity index (χ1n) is 7.81. The maximum atomic E-state index is 13.1. The van der Waals surface area contributed by atoms with Crippen LogP contribution in [0, 0.1) is 5.82 Å². The second kappa shape index (κ2) is 8.89. The van der Waals surface area contributed by atoms with E-state index in [1.54, 1.807) is 17.4 Å². The van der Waals surface area contributed by atoms with Gasteiger partial charge in [0.15, 0.2) is 0 Å². The summed E-state index contributed by atoms with van der Waals surface area (Å²) in [6.45, 7) is -2.83. The molecule has 152 valence electrons. The predicted octanol–water partition coefficient (Wildman–Crippen LogP) is 3.35. The second-order valence-corrected chi connectivity index (χ2v) is 8.06. The lowest BCUT2D eigenvalue weighted by molar-refractivity contribution is -0.138. The smallest absolute Gasteiger partial charge is 0.346 e. The van der Waals surface area contributed by atoms with Gasteiger partial charge in [-0.3, -0.25) is 4.79 Å². The molecule has 1 amide bonds. The SMILES string of the molecule is O=C(CN(Cc1ccccc1Cl)S(=O)(=O)c1ccc(F)cc1)NCC(F)(F)F. The maximum Gasteiger partial charge on any atom is 0.405 e. The highest BCUT2D eigenvalue weighted by Crippen LogP contribution is 2.22. The Morgan fingerprint density at radius 3 is 2.25 bits per heavy atom. The lowest BCUT2D eigenvalue weighted by Gasteiger charge is -2.22. The Morgan fingerprint density at radius 1 is 1.07 bits per heavy atom. The molecule has 28 heavy (non-hydrogen) atoms. The lowest BCUT2D eigenvalue weighted by atomic mass is 10.2. The zero-order chi connectivity index (χ0) is 20.9. The number of hydrogen-bond acceptors (Lipinski definition) is 3. The van der Waals surface area contributed by atoms with Crippen molar-refractivity contribution >= 4 is 27.5 Å². The monoisotopic (exact) mass is 438 g/mol. The van der Waals surface area contributed by atoms with E-state index in [9.17, 15) is 30.8 Å². The molecule has 0 unspecified atom stereocenters. The van der Waals surface area contributed by atoms with Crippen LogP contribution in [0.1, 0.15) is 5.56 Å². The molecule has 0 saturated heterocycles. The normalized spacial score (nSPS) is 12.2. The van der Waals surface area contributed by atoms with E-state index in [0.29, 0.717) is 9.87 Å². The number of rotatable bonds is 7. The Labute approximate surface area is 164 Å². The first-order valence-corrected chi connectivity index (χ1v) is 9.63. The predicted molar refractivity (Wildman–Crippen MR) is 94.5 cm³/mol. The van der Waals surface area contributed by atoms with Gasteiger partial charge in [-0.05, 0) is 35.9 Å². The zero-order valence-corrected chi connectivity index (χ0v) is 15.8. The maximum absolute atomic E-state index is 13.1. The number of alkyl halides is 3. The fourth-order valence-electron chi connectivity index (χ4n) is 2.21. The summed E-state index contributed by atoms with van der Waals surface area (Å²) < 4.78 is 76.4. The molecule has 0 aliphatic rings. The molecule has 5 nitrogen and oxygen atoms in total. The average Bonchev–Trinajstić information content (AvgIpc) is 2.61. The van der Waals surface area contributed by atoms with Crippen molar-refractivity contribution < 1.29 is 30.8 Å². The summed E-state index contributed by atoms with van der Waals surface area (Å²) >= 11 is 6.02. The summed E-state index contributed by atoms with van der Waals surface area (Å²) in [6, 6.07) is 10.1. The molecule has 0 aliphatic heterocycles. The highest BCUT2D eigenvalue weighted by Gasteiger charge is 2.31. The van der Waals surface area contributed by atoms with Crippen molar-refractivity contribution in [1.29, 1.82) is 0 Å². The van der Waals surface area contributed by atoms with Gasteiger partial charge in [0.2, 0.25) is 15.9 Å². The lowest BCUT2D eigenvalue weighted by Crippen LogP contribution is -2.43. The van der Waals surface area contributed by atoms with Gasteiger partial charge in [0.1, 0.15) is 12.4 Å². The highest BCUT2D eigenvalue weighted by atomic mass is 35.5. The van der Waals surface area contributed by atoms with Crippen LogP contribution in [0.5, 0.6) is 0 Å². The van der Waals surface area contributed by atoms with Crippen LogP contribution in [-0.2, 0) is 21.4 Å². The van der Waals surface area contributed by atoms with E-state index in [2.05, 4.69) is 0 Å². The number of carbonyl (C=O) groups excluding carboxylic acids is 1. The van der Waals surface area contributed by atoms with E-state index in [4.69, 9.17) is 11.6 Å². The number of nitrogens with one attached hydrogen (secondary N) is 1. The molecule has 2 rings (SSSR count). The van der Waals surface area contributed by atoms with Crippen molar-refractivity contribution in [1.82, 2.24) is 9.62 Å². The quantitative estimate of drug-likeness (QED) is 0.674. The number of amides is 1. The van der Waals surface area contributed by atoms with E-state index in [1.807, 2.05) is 0 Å². The number of benzene rings is 2. The van der Waals surface area contributed by atoms with Crippen LogP contribution in [0.4, 0.5) is 17.6 Å². The van der Waals surface area contributed by atoms with Gasteiger partial charge in [-0.15, -0.1) is 0 Å². The van der Waals surface area contributed by atoms with Crippen LogP contribution in [-0.4, -0.2) is 37.9 Å². The first-order chi connectivity index (χ1) is 13.0. The minimum Gasteiger partial charge on any atom is -0.346 e. The topological polar surface area (TPSA) is 66.5 Å². The van der Waals surface area contributed by atoms with Crippen molar-refractivity contribution in [3.05, 3.63) is 64.9 Å². The van der Waals surface area contributed by atoms with Crippen LogP contribution >= 0.6 is 11.6 Å². The molecule has 0 saturated carbocycles. The van der Waals surface area contributed by atoms with Crippen molar-refractivity contribution in [2.75, 3.05) is 13.1 Å². The molecule has 0 aliphatic carbocycles. The van der Waals surface area contributed by atoms with Crippen molar-refractivity contribution in [3.8, 4) is 0 Å². The number of sulfonamides is 1. The summed E-state index contributed by atoms with van der Waals surface area (Å²) in [4.78, 5) is 11.6. The van der Waals surface area contributed by atoms with Crippen molar-refractivity contribution in [2.24, 2.45) is 0 Å². The summed E-state index contributed by atoms with van der Waals surface area (Å²) in [5.74, 6) is -1.81. The largest absolute Gasteiger partial charge is 0.405 e. The van der Waals surface area contributed by atoms with Gasteiger partial charge < -0.3 is 5.32 Å². The molecule has 0 radical (unpaired) electrons. The van der Waals surface area contributed by atoms with E-state index in [0.717, 1.165) is 24.3 Å². The zero-order valence-electron chi connectivity index (χ0n) is 14.2. The standard InChI is InChI=1S/C17H15ClF4N2O3S/c18-15-4-2-1-3-12(15)9-24(10-16(25)23-11-17(20,21)22)28(26,27)14-7-5-13(19)6-8-14/h1-8H,9-11H2,(H,23,25). The van der Waals surface area contributed by atoms with E-state index < -0.39 is 41.0 Å². The number of halogens is 5. The van der Waals surface area contributed by atoms with Crippen LogP contribution in [0.3, 0.4) is 0 Å². The molecular formula is C17H15ClF4N2O3S. The van der Waals surface area contributed by atoms with E-state index in [1.165, 1.54) is 12.1 Å². The minimum absolute atomic E-state index is 0.220. The van der Waals surface area contributed by atoms with Crippen LogP contribution in [0.15, 0.2) is 53.4 Å². The van der Waals surface area contributed by atoms with E-state index in [-0.39, 0.29) is 16.5 Å². The Kier molecular flexibility index (Phi) is 7.02. The summed E-state index contributed by atoms with van der Waals surface area (Å²) in [6.07, 6.45) is -4.64. The minimum atomic E-state index is -4.64. The fourth-order valence-corrected chi connectivity index (χ4v) is 3.78. The number of carbonyl (C=O) groups is 1. The Bertz CT molecular complexity index is 934. The van der Waals surface area contributed by atoms with Crippen LogP contribution in [0.2, 0.25) is 5.02 Å². The van der Waals surface area contributed by atoms with Gasteiger partial charge in [-0.1, -0.05) is 29.8 Å². The molecule has 0 fully saturated rings. The van der Waals surface area contributed by atoms with Gasteiger partial charge in [0, 0.05) is 11.6 Å². The van der Waals surface area contributed by atoms with Crippen molar-refractivity contribution in [3.63, 3.8) is 0 Å². The summed E-state index contributed by atoms with van der Waals surface area (Å²) in [5.41, 5.74) is 0.346. The molecule has 0 heterocycles.